The van der Waals surface area contributed by atoms with Gasteiger partial charge in [-0.05, 0) is 24.5 Å². The highest BCUT2D eigenvalue weighted by Gasteiger charge is 2.16. The molecule has 0 radical (unpaired) electrons. The molecule has 118 valence electrons. The molecule has 21 heavy (non-hydrogen) atoms. The second-order valence-electron chi connectivity index (χ2n) is 5.31. The van der Waals surface area contributed by atoms with E-state index in [1.165, 1.54) is 0 Å². The minimum atomic E-state index is -0.471. The van der Waals surface area contributed by atoms with E-state index in [4.69, 9.17) is 4.74 Å². The number of rotatable bonds is 9. The van der Waals surface area contributed by atoms with Gasteiger partial charge in [0.1, 0.15) is 5.75 Å². The summed E-state index contributed by atoms with van der Waals surface area (Å²) in [6.45, 7) is 6.74. The average Bonchev–Trinajstić information content (AvgIpc) is 2.48. The van der Waals surface area contributed by atoms with Gasteiger partial charge in [0.15, 0.2) is 0 Å². The van der Waals surface area contributed by atoms with Crippen LogP contribution < -0.4 is 10.1 Å². The number of hydrogen-bond donors (Lipinski definition) is 2. The number of para-hydroxylation sites is 1. The van der Waals surface area contributed by atoms with E-state index in [-0.39, 0.29) is 11.8 Å². The molecule has 0 aromatic heterocycles. The fraction of sp³-hybridized carbons (Fsp3) is 0.588. The first kappa shape index (κ1) is 17.5. The van der Waals surface area contributed by atoms with E-state index in [1.54, 1.807) is 0 Å². The van der Waals surface area contributed by atoms with E-state index in [0.717, 1.165) is 24.2 Å². The smallest absolute Gasteiger partial charge is 0.223 e. The molecule has 1 aromatic rings. The molecule has 1 aromatic carbocycles. The summed E-state index contributed by atoms with van der Waals surface area (Å²) in [4.78, 5) is 11.7. The fourth-order valence-electron chi connectivity index (χ4n) is 2.28. The third-order valence-corrected chi connectivity index (χ3v) is 3.78. The molecule has 4 heteroatoms. The standard InChI is InChI=1S/C17H27NO3/c1-4-14(5-2)15(19)12-18-17(20)10-11-21-16-9-7-6-8-13(16)3/h6-9,14-15,19H,4-5,10-12H2,1-3H3,(H,18,20). The van der Waals surface area contributed by atoms with E-state index in [2.05, 4.69) is 19.2 Å². The number of nitrogens with one attached hydrogen (secondary N) is 1. The normalized spacial score (nSPS) is 12.2. The summed E-state index contributed by atoms with van der Waals surface area (Å²) in [5, 5.41) is 12.7. The Balaban J connectivity index is 2.24. The SMILES string of the molecule is CCC(CC)C(O)CNC(=O)CCOc1ccccc1C. The third kappa shape index (κ3) is 6.17. The summed E-state index contributed by atoms with van der Waals surface area (Å²) in [7, 11) is 0. The Morgan fingerprint density at radius 3 is 2.57 bits per heavy atom. The molecule has 0 fully saturated rings. The number of carbonyl (C=O) groups excluding carboxylic acids is 1. The molecule has 0 saturated carbocycles. The number of carbonyl (C=O) groups is 1. The van der Waals surface area contributed by atoms with Crippen molar-refractivity contribution in [2.24, 2.45) is 5.92 Å². The van der Waals surface area contributed by atoms with Gasteiger partial charge in [0.2, 0.25) is 5.91 Å². The third-order valence-electron chi connectivity index (χ3n) is 3.78. The van der Waals surface area contributed by atoms with Crippen molar-refractivity contribution >= 4 is 5.91 Å². The predicted molar refractivity (Wildman–Crippen MR) is 84.4 cm³/mol. The largest absolute Gasteiger partial charge is 0.493 e. The number of hydrogen-bond acceptors (Lipinski definition) is 3. The van der Waals surface area contributed by atoms with Crippen LogP contribution >= 0.6 is 0 Å². The number of aryl methyl sites for hydroxylation is 1. The zero-order valence-corrected chi connectivity index (χ0v) is 13.3. The zero-order valence-electron chi connectivity index (χ0n) is 13.3. The highest BCUT2D eigenvalue weighted by atomic mass is 16.5. The van der Waals surface area contributed by atoms with Gasteiger partial charge in [0.05, 0.1) is 19.1 Å². The molecule has 0 saturated heterocycles. The first-order chi connectivity index (χ1) is 10.1. The van der Waals surface area contributed by atoms with Crippen molar-refractivity contribution in [3.05, 3.63) is 29.8 Å². The van der Waals surface area contributed by atoms with Crippen LogP contribution in [-0.2, 0) is 4.79 Å². The highest BCUT2D eigenvalue weighted by molar-refractivity contribution is 5.76. The molecule has 1 atom stereocenters. The summed E-state index contributed by atoms with van der Waals surface area (Å²) in [6.07, 6.45) is 1.67. The second-order valence-corrected chi connectivity index (χ2v) is 5.31. The minimum absolute atomic E-state index is 0.0893. The molecule has 0 aliphatic heterocycles. The molecule has 1 amide bonds. The minimum Gasteiger partial charge on any atom is -0.493 e. The van der Waals surface area contributed by atoms with Gasteiger partial charge >= 0.3 is 0 Å². The van der Waals surface area contributed by atoms with Crippen LogP contribution in [0.4, 0.5) is 0 Å². The van der Waals surface area contributed by atoms with Crippen molar-refractivity contribution in [3.8, 4) is 5.75 Å². The maximum atomic E-state index is 11.7. The summed E-state index contributed by atoms with van der Waals surface area (Å²) in [6, 6.07) is 7.73. The van der Waals surface area contributed by atoms with Crippen molar-refractivity contribution in [2.45, 2.75) is 46.1 Å². The van der Waals surface area contributed by atoms with Crippen LogP contribution in [0.2, 0.25) is 0 Å². The van der Waals surface area contributed by atoms with Gasteiger partial charge in [0.25, 0.3) is 0 Å². The van der Waals surface area contributed by atoms with Crippen molar-refractivity contribution in [2.75, 3.05) is 13.2 Å². The number of benzene rings is 1. The lowest BCUT2D eigenvalue weighted by Gasteiger charge is -2.20. The van der Waals surface area contributed by atoms with E-state index in [9.17, 15) is 9.90 Å². The number of aliphatic hydroxyl groups is 1. The molecule has 0 bridgehead atoms. The second kappa shape index (κ2) is 9.40. The average molecular weight is 293 g/mol. The lowest BCUT2D eigenvalue weighted by atomic mass is 9.96. The van der Waals surface area contributed by atoms with E-state index in [0.29, 0.717) is 19.6 Å². The van der Waals surface area contributed by atoms with Gasteiger partial charge < -0.3 is 15.2 Å². The Bertz CT molecular complexity index is 430. The molecule has 4 nitrogen and oxygen atoms in total. The molecule has 0 spiro atoms. The van der Waals surface area contributed by atoms with E-state index < -0.39 is 6.10 Å². The fourth-order valence-corrected chi connectivity index (χ4v) is 2.28. The lowest BCUT2D eigenvalue weighted by molar-refractivity contribution is -0.122. The molecule has 1 rings (SSSR count). The van der Waals surface area contributed by atoms with Crippen molar-refractivity contribution in [1.82, 2.24) is 5.32 Å². The van der Waals surface area contributed by atoms with E-state index >= 15 is 0 Å². The summed E-state index contributed by atoms with van der Waals surface area (Å²) < 4.78 is 5.58. The lowest BCUT2D eigenvalue weighted by Crippen LogP contribution is -2.36. The Morgan fingerprint density at radius 2 is 1.95 bits per heavy atom. The van der Waals surface area contributed by atoms with Crippen LogP contribution in [0, 0.1) is 12.8 Å². The van der Waals surface area contributed by atoms with E-state index in [1.807, 2.05) is 31.2 Å². The molecule has 0 aliphatic rings. The first-order valence-corrected chi connectivity index (χ1v) is 7.71. The van der Waals surface area contributed by atoms with Crippen LogP contribution in [0.25, 0.3) is 0 Å². The zero-order chi connectivity index (χ0) is 15.7. The van der Waals surface area contributed by atoms with Crippen molar-refractivity contribution < 1.29 is 14.6 Å². The maximum Gasteiger partial charge on any atom is 0.223 e. The Labute approximate surface area is 127 Å². The summed E-state index contributed by atoms with van der Waals surface area (Å²) >= 11 is 0. The van der Waals surface area contributed by atoms with Crippen LogP contribution in [0.15, 0.2) is 24.3 Å². The van der Waals surface area contributed by atoms with Crippen molar-refractivity contribution in [3.63, 3.8) is 0 Å². The van der Waals surface area contributed by atoms with Gasteiger partial charge in [-0.3, -0.25) is 4.79 Å². The monoisotopic (exact) mass is 293 g/mol. The molecular formula is C17H27NO3. The van der Waals surface area contributed by atoms with Crippen LogP contribution in [0.1, 0.15) is 38.7 Å². The van der Waals surface area contributed by atoms with Gasteiger partial charge in [0, 0.05) is 6.54 Å². The number of ether oxygens (including phenoxy) is 1. The van der Waals surface area contributed by atoms with Gasteiger partial charge in [-0.25, -0.2) is 0 Å². The van der Waals surface area contributed by atoms with Gasteiger partial charge in [-0.1, -0.05) is 44.9 Å². The predicted octanol–water partition coefficient (Wildman–Crippen LogP) is 2.68. The highest BCUT2D eigenvalue weighted by Crippen LogP contribution is 2.16. The number of amides is 1. The first-order valence-electron chi connectivity index (χ1n) is 7.71. The van der Waals surface area contributed by atoms with Crippen molar-refractivity contribution in [1.29, 1.82) is 0 Å². The van der Waals surface area contributed by atoms with Crippen LogP contribution in [0.5, 0.6) is 5.75 Å². The van der Waals surface area contributed by atoms with Crippen LogP contribution in [0.3, 0.4) is 0 Å². The summed E-state index contributed by atoms with van der Waals surface area (Å²) in [5.74, 6) is 0.962. The van der Waals surface area contributed by atoms with Gasteiger partial charge in [-0.15, -0.1) is 0 Å². The molecular weight excluding hydrogens is 266 g/mol. The Hall–Kier alpha value is -1.55. The topological polar surface area (TPSA) is 58.6 Å². The van der Waals surface area contributed by atoms with Gasteiger partial charge in [-0.2, -0.15) is 0 Å². The van der Waals surface area contributed by atoms with Crippen LogP contribution in [-0.4, -0.2) is 30.3 Å². The maximum absolute atomic E-state index is 11.7. The quantitative estimate of drug-likeness (QED) is 0.736. The number of aliphatic hydroxyl groups excluding tert-OH is 1. The molecule has 0 aliphatic carbocycles. The Kier molecular flexibility index (Phi) is 7.83. The molecule has 2 N–H and O–H groups in total. The Morgan fingerprint density at radius 1 is 1.29 bits per heavy atom. The molecule has 1 unspecified atom stereocenters. The molecule has 0 heterocycles. The summed E-state index contributed by atoms with van der Waals surface area (Å²) in [5.41, 5.74) is 1.06.